The highest BCUT2D eigenvalue weighted by atomic mass is 32.2. The van der Waals surface area contributed by atoms with Gasteiger partial charge >= 0.3 is 0 Å². The van der Waals surface area contributed by atoms with Crippen LogP contribution in [0.4, 0.5) is 5.82 Å². The number of hydrogen-bond acceptors (Lipinski definition) is 7. The molecule has 7 nitrogen and oxygen atoms in total. The molecule has 4 heterocycles. The lowest BCUT2D eigenvalue weighted by Gasteiger charge is -2.43. The van der Waals surface area contributed by atoms with Crippen LogP contribution in [0.3, 0.4) is 0 Å². The molecule has 2 aliphatic heterocycles. The maximum absolute atomic E-state index is 7.40. The third kappa shape index (κ3) is 5.17. The summed E-state index contributed by atoms with van der Waals surface area (Å²) in [4.78, 5) is 8.99. The van der Waals surface area contributed by atoms with Crippen LogP contribution in [0.1, 0.15) is 58.4 Å². The van der Waals surface area contributed by atoms with Gasteiger partial charge in [0.25, 0.3) is 8.32 Å². The van der Waals surface area contributed by atoms with Crippen molar-refractivity contribution in [2.24, 2.45) is 5.92 Å². The predicted molar refractivity (Wildman–Crippen MR) is 179 cm³/mol. The fourth-order valence-electron chi connectivity index (χ4n) is 6.79. The topological polar surface area (TPSA) is 84.4 Å². The van der Waals surface area contributed by atoms with Gasteiger partial charge in [0.05, 0.1) is 16.2 Å². The Balaban J connectivity index is 1.27. The third-order valence-corrected chi connectivity index (χ3v) is 15.4. The number of nitrogens with two attached hydrogens (primary N) is 1. The maximum Gasteiger partial charge on any atom is 0.261 e. The normalized spacial score (nSPS) is 24.7. The van der Waals surface area contributed by atoms with E-state index in [1.807, 2.05) is 25.6 Å². The Morgan fingerprint density at radius 1 is 1.00 bits per heavy atom. The van der Waals surface area contributed by atoms with Gasteiger partial charge in [-0.25, -0.2) is 9.97 Å². The molecule has 3 fully saturated rings. The summed E-state index contributed by atoms with van der Waals surface area (Å²) in [6.07, 6.45) is 5.58. The molecule has 2 aromatic carbocycles. The van der Waals surface area contributed by atoms with Crippen LogP contribution in [0.2, 0.25) is 5.04 Å². The van der Waals surface area contributed by atoms with E-state index in [9.17, 15) is 0 Å². The van der Waals surface area contributed by atoms with E-state index < -0.39 is 14.1 Å². The summed E-state index contributed by atoms with van der Waals surface area (Å²) in [6.45, 7) is 11.4. The van der Waals surface area contributed by atoms with Crippen molar-refractivity contribution in [3.05, 3.63) is 78.8 Å². The Morgan fingerprint density at radius 2 is 1.64 bits per heavy atom. The number of anilines is 1. The van der Waals surface area contributed by atoms with E-state index in [1.165, 1.54) is 16.7 Å². The zero-order valence-corrected chi connectivity index (χ0v) is 27.8. The lowest BCUT2D eigenvalue weighted by Crippen LogP contribution is -2.67. The zero-order chi connectivity index (χ0) is 30.7. The van der Waals surface area contributed by atoms with Crippen molar-refractivity contribution >= 4 is 47.3 Å². The van der Waals surface area contributed by atoms with Crippen LogP contribution in [0.5, 0.6) is 0 Å². The van der Waals surface area contributed by atoms with Crippen molar-refractivity contribution < 1.29 is 13.9 Å². The fourth-order valence-corrected chi connectivity index (χ4v) is 13.0. The van der Waals surface area contributed by atoms with Crippen molar-refractivity contribution in [2.45, 2.75) is 81.1 Å². The highest BCUT2D eigenvalue weighted by Gasteiger charge is 2.57. The van der Waals surface area contributed by atoms with Crippen molar-refractivity contribution in [1.29, 1.82) is 0 Å². The maximum atomic E-state index is 7.40. The molecule has 2 N–H and O–H groups in total. The third-order valence-electron chi connectivity index (χ3n) is 8.91. The number of rotatable bonds is 6. The standard InChI is InChI=1S/C35H40N4O3SSi/c1-34(2,3)44(25-12-8-6-9-13-25,26-14-10-7-11-15-26)40-21-27-29-30(42-35(4,5)41-29)33(43-27)39-20-24(19-18-23-16-17-23)28-31(36)37-22-38-32(28)39/h6-15,20,22-23,27,29-30,33H,16-17,21H2,1-5H3,(H2,36,37,38)/t27?,29-,30-,33-/m1/s1. The van der Waals surface area contributed by atoms with Crippen molar-refractivity contribution in [3.63, 3.8) is 0 Å². The molecule has 3 aliphatic rings. The molecule has 2 saturated heterocycles. The van der Waals surface area contributed by atoms with E-state index in [0.717, 1.165) is 29.4 Å². The van der Waals surface area contributed by atoms with E-state index >= 15 is 0 Å². The molecule has 1 aliphatic carbocycles. The molecule has 0 bridgehead atoms. The number of hydrogen-bond donors (Lipinski definition) is 1. The Morgan fingerprint density at radius 3 is 2.25 bits per heavy atom. The van der Waals surface area contributed by atoms with Crippen LogP contribution in [0, 0.1) is 17.8 Å². The summed E-state index contributed by atoms with van der Waals surface area (Å²) in [5, 5.41) is 3.16. The minimum atomic E-state index is -2.73. The number of ether oxygens (including phenoxy) is 2. The molecular formula is C35H40N4O3SSi. The van der Waals surface area contributed by atoms with Gasteiger partial charge in [-0.2, -0.15) is 0 Å². The summed E-state index contributed by atoms with van der Waals surface area (Å²) < 4.78 is 22.8. The molecule has 0 spiro atoms. The minimum absolute atomic E-state index is 0.0334. The van der Waals surface area contributed by atoms with Crippen LogP contribution in [0.15, 0.2) is 73.2 Å². The second-order valence-corrected chi connectivity index (χ2v) is 19.2. The average Bonchev–Trinajstić information content (AvgIpc) is 3.56. The molecule has 1 unspecified atom stereocenters. The molecule has 2 aromatic heterocycles. The van der Waals surface area contributed by atoms with Crippen molar-refractivity contribution in [2.75, 3.05) is 12.3 Å². The van der Waals surface area contributed by atoms with Gasteiger partial charge in [-0.15, -0.1) is 11.8 Å². The molecule has 9 heteroatoms. The number of nitrogen functional groups attached to an aromatic ring is 1. The average molecular weight is 625 g/mol. The number of thioether (sulfide) groups is 1. The van der Waals surface area contributed by atoms with Crippen molar-refractivity contribution in [3.8, 4) is 11.8 Å². The van der Waals surface area contributed by atoms with Gasteiger partial charge in [-0.1, -0.05) is 93.3 Å². The first-order valence-corrected chi connectivity index (χ1v) is 18.3. The highest BCUT2D eigenvalue weighted by Crippen LogP contribution is 2.52. The zero-order valence-electron chi connectivity index (χ0n) is 26.0. The quantitative estimate of drug-likeness (QED) is 0.225. The molecule has 7 rings (SSSR count). The van der Waals surface area contributed by atoms with Crippen LogP contribution in [-0.4, -0.2) is 52.7 Å². The minimum Gasteiger partial charge on any atom is -0.406 e. The molecule has 0 radical (unpaired) electrons. The van der Waals surface area contributed by atoms with Gasteiger partial charge in [0.1, 0.15) is 35.4 Å². The first kappa shape index (κ1) is 29.6. The van der Waals surface area contributed by atoms with E-state index in [0.29, 0.717) is 18.3 Å². The smallest absolute Gasteiger partial charge is 0.261 e. The van der Waals surface area contributed by atoms with E-state index in [1.54, 1.807) is 0 Å². The Labute approximate surface area is 265 Å². The van der Waals surface area contributed by atoms with Gasteiger partial charge in [0, 0.05) is 18.7 Å². The molecule has 228 valence electrons. The Kier molecular flexibility index (Phi) is 7.42. The summed E-state index contributed by atoms with van der Waals surface area (Å²) in [5.41, 5.74) is 8.05. The number of aromatic nitrogens is 3. The Hall–Kier alpha value is -3.13. The molecular weight excluding hydrogens is 585 g/mol. The van der Waals surface area contributed by atoms with Gasteiger partial charge in [0.2, 0.25) is 0 Å². The molecule has 0 amide bonds. The second-order valence-electron chi connectivity index (χ2n) is 13.6. The molecule has 4 aromatic rings. The largest absolute Gasteiger partial charge is 0.406 e. The van der Waals surface area contributed by atoms with Crippen LogP contribution in [-0.2, 0) is 13.9 Å². The van der Waals surface area contributed by atoms with Crippen molar-refractivity contribution in [1.82, 2.24) is 14.5 Å². The summed E-state index contributed by atoms with van der Waals surface area (Å²) >= 11 is 1.83. The van der Waals surface area contributed by atoms with Crippen LogP contribution in [0.25, 0.3) is 11.0 Å². The summed E-state index contributed by atoms with van der Waals surface area (Å²) in [5.74, 6) is 6.99. The van der Waals surface area contributed by atoms with E-state index in [4.69, 9.17) is 24.6 Å². The number of fused-ring (bicyclic) bond motifs is 2. The van der Waals surface area contributed by atoms with Gasteiger partial charge in [-0.3, -0.25) is 0 Å². The second kappa shape index (κ2) is 11.0. The van der Waals surface area contributed by atoms with Crippen LogP contribution < -0.4 is 16.1 Å². The Bertz CT molecular complexity index is 1680. The first-order chi connectivity index (χ1) is 21.1. The molecule has 44 heavy (non-hydrogen) atoms. The molecule has 4 atom stereocenters. The first-order valence-electron chi connectivity index (χ1n) is 15.5. The highest BCUT2D eigenvalue weighted by molar-refractivity contribution is 8.00. The predicted octanol–water partition coefficient (Wildman–Crippen LogP) is 5.49. The van der Waals surface area contributed by atoms with E-state index in [2.05, 4.69) is 109 Å². The lowest BCUT2D eigenvalue weighted by molar-refractivity contribution is -0.149. The van der Waals surface area contributed by atoms with Gasteiger partial charge in [-0.05, 0) is 42.1 Å². The number of benzene rings is 2. The van der Waals surface area contributed by atoms with E-state index in [-0.39, 0.29) is 27.9 Å². The van der Waals surface area contributed by atoms with Crippen LogP contribution >= 0.6 is 11.8 Å². The number of nitrogens with zero attached hydrogens (tertiary/aromatic N) is 3. The molecule has 1 saturated carbocycles. The summed E-state index contributed by atoms with van der Waals surface area (Å²) in [6, 6.07) is 21.6. The summed E-state index contributed by atoms with van der Waals surface area (Å²) in [7, 11) is -2.73. The fraction of sp³-hybridized carbons (Fsp3) is 0.429. The lowest BCUT2D eigenvalue weighted by atomic mass is 10.1. The monoisotopic (exact) mass is 624 g/mol. The van der Waals surface area contributed by atoms with Gasteiger partial charge < -0.3 is 24.2 Å². The van der Waals surface area contributed by atoms with Gasteiger partial charge in [0.15, 0.2) is 5.79 Å². The SMILES string of the molecule is CC1(C)O[C@@H]2[C@H](O1)C(CO[Si](c1ccccc1)(c1ccccc1)C(C)(C)C)S[C@H]2n1cc(C#CC2CC2)c2c(N)ncnc21.